The van der Waals surface area contributed by atoms with Gasteiger partial charge < -0.3 is 15.2 Å². The average molecular weight is 199 g/mol. The van der Waals surface area contributed by atoms with Crippen molar-refractivity contribution in [2.75, 3.05) is 26.4 Å². The third kappa shape index (κ3) is 3.76. The molecular formula is C9H17N3O2. The van der Waals surface area contributed by atoms with Crippen molar-refractivity contribution in [3.63, 3.8) is 0 Å². The van der Waals surface area contributed by atoms with Gasteiger partial charge in [-0.3, -0.25) is 4.68 Å². The summed E-state index contributed by atoms with van der Waals surface area (Å²) in [7, 11) is 0. The van der Waals surface area contributed by atoms with Crippen LogP contribution in [0.1, 0.15) is 6.92 Å². The van der Waals surface area contributed by atoms with Gasteiger partial charge in [-0.25, -0.2) is 0 Å². The lowest BCUT2D eigenvalue weighted by Crippen LogP contribution is -2.12. The summed E-state index contributed by atoms with van der Waals surface area (Å²) < 4.78 is 12.4. The van der Waals surface area contributed by atoms with Crippen LogP contribution in [0.15, 0.2) is 12.4 Å². The van der Waals surface area contributed by atoms with Crippen LogP contribution >= 0.6 is 0 Å². The van der Waals surface area contributed by atoms with Gasteiger partial charge in [0, 0.05) is 13.1 Å². The number of nitrogens with two attached hydrogens (primary N) is 1. The molecule has 1 aromatic heterocycles. The van der Waals surface area contributed by atoms with Crippen molar-refractivity contribution in [1.29, 1.82) is 0 Å². The van der Waals surface area contributed by atoms with Crippen LogP contribution in [-0.2, 0) is 11.3 Å². The van der Waals surface area contributed by atoms with E-state index in [0.717, 1.165) is 12.3 Å². The van der Waals surface area contributed by atoms with Crippen molar-refractivity contribution in [3.8, 4) is 5.75 Å². The highest BCUT2D eigenvalue weighted by Crippen LogP contribution is 2.07. The largest absolute Gasteiger partial charge is 0.488 e. The van der Waals surface area contributed by atoms with Gasteiger partial charge in [-0.2, -0.15) is 5.10 Å². The third-order valence-corrected chi connectivity index (χ3v) is 1.69. The van der Waals surface area contributed by atoms with Gasteiger partial charge in [-0.05, 0) is 6.92 Å². The van der Waals surface area contributed by atoms with Crippen LogP contribution in [0.2, 0.25) is 0 Å². The van der Waals surface area contributed by atoms with Crippen LogP contribution in [0.25, 0.3) is 0 Å². The summed E-state index contributed by atoms with van der Waals surface area (Å²) in [6.07, 6.45) is 3.56. The van der Waals surface area contributed by atoms with Crippen molar-refractivity contribution in [2.45, 2.75) is 13.5 Å². The van der Waals surface area contributed by atoms with Crippen LogP contribution in [0.3, 0.4) is 0 Å². The van der Waals surface area contributed by atoms with E-state index >= 15 is 0 Å². The summed E-state index contributed by atoms with van der Waals surface area (Å²) in [6, 6.07) is 0. The second-order valence-corrected chi connectivity index (χ2v) is 2.78. The predicted octanol–water partition coefficient (Wildman–Crippen LogP) is 0.257. The first-order valence-corrected chi connectivity index (χ1v) is 4.80. The molecule has 0 saturated carbocycles. The van der Waals surface area contributed by atoms with Crippen LogP contribution in [0.5, 0.6) is 5.75 Å². The molecular weight excluding hydrogens is 182 g/mol. The Kier molecular flexibility index (Phi) is 5.03. The molecule has 2 N–H and O–H groups in total. The lowest BCUT2D eigenvalue weighted by Gasteiger charge is -2.03. The Bertz CT molecular complexity index is 250. The molecule has 0 saturated heterocycles. The van der Waals surface area contributed by atoms with E-state index in [1.165, 1.54) is 0 Å². The molecule has 0 aliphatic heterocycles. The Morgan fingerprint density at radius 3 is 2.93 bits per heavy atom. The second kappa shape index (κ2) is 6.39. The molecule has 0 atom stereocenters. The van der Waals surface area contributed by atoms with Gasteiger partial charge in [0.1, 0.15) is 6.61 Å². The van der Waals surface area contributed by atoms with Crippen LogP contribution in [-0.4, -0.2) is 36.1 Å². The smallest absolute Gasteiger partial charge is 0.157 e. The Morgan fingerprint density at radius 2 is 2.29 bits per heavy atom. The lowest BCUT2D eigenvalue weighted by molar-refractivity contribution is 0.106. The van der Waals surface area contributed by atoms with E-state index in [9.17, 15) is 0 Å². The summed E-state index contributed by atoms with van der Waals surface area (Å²) in [4.78, 5) is 0. The molecule has 0 unspecified atom stereocenters. The molecule has 1 aromatic rings. The summed E-state index contributed by atoms with van der Waals surface area (Å²) >= 11 is 0. The van der Waals surface area contributed by atoms with E-state index in [1.807, 2.05) is 17.8 Å². The van der Waals surface area contributed by atoms with Crippen molar-refractivity contribution in [1.82, 2.24) is 9.78 Å². The van der Waals surface area contributed by atoms with Gasteiger partial charge >= 0.3 is 0 Å². The molecule has 0 aromatic carbocycles. The summed E-state index contributed by atoms with van der Waals surface area (Å²) in [5.74, 6) is 0.781. The average Bonchev–Trinajstić information content (AvgIpc) is 2.65. The van der Waals surface area contributed by atoms with Crippen LogP contribution in [0.4, 0.5) is 0 Å². The number of hydrogen-bond acceptors (Lipinski definition) is 4. The molecule has 0 bridgehead atoms. The second-order valence-electron chi connectivity index (χ2n) is 2.78. The summed E-state index contributed by atoms with van der Waals surface area (Å²) in [6.45, 7) is 5.11. The highest BCUT2D eigenvalue weighted by molar-refractivity contribution is 5.11. The van der Waals surface area contributed by atoms with Gasteiger partial charge in [-0.1, -0.05) is 0 Å². The van der Waals surface area contributed by atoms with Crippen LogP contribution < -0.4 is 10.5 Å². The van der Waals surface area contributed by atoms with Gasteiger partial charge in [0.2, 0.25) is 0 Å². The Labute approximate surface area is 83.8 Å². The van der Waals surface area contributed by atoms with E-state index < -0.39 is 0 Å². The molecule has 1 heterocycles. The zero-order valence-corrected chi connectivity index (χ0v) is 8.48. The van der Waals surface area contributed by atoms with Gasteiger partial charge in [0.05, 0.1) is 25.6 Å². The number of aryl methyl sites for hydroxylation is 1. The molecule has 0 spiro atoms. The zero-order chi connectivity index (χ0) is 10.2. The number of hydrogen-bond donors (Lipinski definition) is 1. The van der Waals surface area contributed by atoms with E-state index in [2.05, 4.69) is 5.10 Å². The van der Waals surface area contributed by atoms with Crippen LogP contribution in [0, 0.1) is 0 Å². The molecule has 0 aliphatic rings. The maximum atomic E-state index is 5.39. The van der Waals surface area contributed by atoms with E-state index in [1.54, 1.807) is 6.20 Å². The Balaban J connectivity index is 2.12. The standard InChI is InChI=1S/C9H17N3O2/c1-2-12-8-9(7-11-12)14-6-5-13-4-3-10/h7-8H,2-6,10H2,1H3. The fourth-order valence-electron chi connectivity index (χ4n) is 0.996. The Morgan fingerprint density at radius 1 is 1.43 bits per heavy atom. The van der Waals surface area contributed by atoms with E-state index in [4.69, 9.17) is 15.2 Å². The fraction of sp³-hybridized carbons (Fsp3) is 0.667. The first-order valence-electron chi connectivity index (χ1n) is 4.80. The summed E-state index contributed by atoms with van der Waals surface area (Å²) in [5, 5.41) is 4.08. The first-order chi connectivity index (χ1) is 6.86. The predicted molar refractivity (Wildman–Crippen MR) is 53.3 cm³/mol. The SMILES string of the molecule is CCn1cc(OCCOCCN)cn1. The van der Waals surface area contributed by atoms with E-state index in [0.29, 0.717) is 26.4 Å². The maximum absolute atomic E-state index is 5.39. The topological polar surface area (TPSA) is 62.3 Å². The van der Waals surface area contributed by atoms with Gasteiger partial charge in [-0.15, -0.1) is 0 Å². The zero-order valence-electron chi connectivity index (χ0n) is 8.48. The minimum absolute atomic E-state index is 0.537. The van der Waals surface area contributed by atoms with Gasteiger partial charge in [0.15, 0.2) is 5.75 Å². The fourth-order valence-corrected chi connectivity index (χ4v) is 0.996. The van der Waals surface area contributed by atoms with Crippen molar-refractivity contribution in [2.24, 2.45) is 5.73 Å². The maximum Gasteiger partial charge on any atom is 0.157 e. The number of nitrogens with zero attached hydrogens (tertiary/aromatic N) is 2. The normalized spacial score (nSPS) is 10.4. The van der Waals surface area contributed by atoms with Crippen molar-refractivity contribution < 1.29 is 9.47 Å². The third-order valence-electron chi connectivity index (χ3n) is 1.69. The molecule has 1 rings (SSSR count). The Hall–Kier alpha value is -1.07. The highest BCUT2D eigenvalue weighted by Gasteiger charge is 1.96. The molecule has 0 radical (unpaired) electrons. The molecule has 0 fully saturated rings. The number of rotatable bonds is 7. The number of aromatic nitrogens is 2. The molecule has 14 heavy (non-hydrogen) atoms. The first kappa shape index (κ1) is 11.0. The molecule has 5 heteroatoms. The quantitative estimate of drug-likeness (QED) is 0.640. The van der Waals surface area contributed by atoms with Crippen molar-refractivity contribution in [3.05, 3.63) is 12.4 Å². The monoisotopic (exact) mass is 199 g/mol. The van der Waals surface area contributed by atoms with Crippen molar-refractivity contribution >= 4 is 0 Å². The minimum Gasteiger partial charge on any atom is -0.488 e. The molecule has 0 amide bonds. The molecule has 0 aliphatic carbocycles. The minimum atomic E-state index is 0.537. The summed E-state index contributed by atoms with van der Waals surface area (Å²) in [5.41, 5.74) is 5.26. The highest BCUT2D eigenvalue weighted by atomic mass is 16.5. The molecule has 80 valence electrons. The lowest BCUT2D eigenvalue weighted by atomic mass is 10.6. The number of ether oxygens (including phenoxy) is 2. The molecule has 5 nitrogen and oxygen atoms in total. The van der Waals surface area contributed by atoms with Gasteiger partial charge in [0.25, 0.3) is 0 Å². The van der Waals surface area contributed by atoms with E-state index in [-0.39, 0.29) is 0 Å².